The van der Waals surface area contributed by atoms with Crippen LogP contribution in [0.3, 0.4) is 0 Å². The molecule has 0 bridgehead atoms. The molecule has 1 fully saturated rings. The van der Waals surface area contributed by atoms with Crippen molar-refractivity contribution in [2.45, 2.75) is 37.6 Å². The van der Waals surface area contributed by atoms with E-state index in [0.717, 1.165) is 0 Å². The molecule has 0 spiro atoms. The lowest BCUT2D eigenvalue weighted by molar-refractivity contribution is -0.139. The second-order valence-corrected chi connectivity index (χ2v) is 8.76. The summed E-state index contributed by atoms with van der Waals surface area (Å²) in [5.74, 6) is -2.46. The Kier molecular flexibility index (Phi) is 6.99. The van der Waals surface area contributed by atoms with Gasteiger partial charge in [-0.15, -0.1) is 0 Å². The van der Waals surface area contributed by atoms with Crippen molar-refractivity contribution in [1.82, 2.24) is 4.90 Å². The molecule has 2 N–H and O–H groups in total. The molecule has 2 aliphatic rings. The number of benzene rings is 2. The number of carbonyl (C=O) groups excluding carboxylic acids is 1. The van der Waals surface area contributed by atoms with Crippen LogP contribution in [0.1, 0.15) is 64.7 Å². The number of hydrogen-bond acceptors (Lipinski definition) is 5. The molecule has 2 aromatic carbocycles. The van der Waals surface area contributed by atoms with Crippen LogP contribution in [0, 0.1) is 11.7 Å². The van der Waals surface area contributed by atoms with Gasteiger partial charge in [0.15, 0.2) is 6.23 Å². The third-order valence-electron chi connectivity index (χ3n) is 6.35. The molecule has 33 heavy (non-hydrogen) atoms. The Balaban J connectivity index is 1.73. The maximum Gasteiger partial charge on any atom is 0.305 e. The average Bonchev–Trinajstić information content (AvgIpc) is 3.10. The molecule has 176 valence electrons. The Morgan fingerprint density at radius 1 is 1.24 bits per heavy atom. The molecule has 3 unspecified atom stereocenters. The van der Waals surface area contributed by atoms with Crippen LogP contribution < -0.4 is 0 Å². The lowest BCUT2D eigenvalue weighted by Gasteiger charge is -2.32. The predicted octanol–water partition coefficient (Wildman–Crippen LogP) is 4.26. The number of fused-ring (bicyclic) bond motifs is 1. The monoisotopic (exact) mass is 477 g/mol. The zero-order valence-electron chi connectivity index (χ0n) is 18.0. The van der Waals surface area contributed by atoms with Crippen LogP contribution in [0.25, 0.3) is 0 Å². The van der Waals surface area contributed by atoms with Crippen molar-refractivity contribution < 1.29 is 33.7 Å². The van der Waals surface area contributed by atoms with Gasteiger partial charge in [0.2, 0.25) is 0 Å². The summed E-state index contributed by atoms with van der Waals surface area (Å²) >= 11 is 5.97. The normalized spacial score (nSPS) is 20.5. The highest BCUT2D eigenvalue weighted by molar-refractivity contribution is 6.30. The van der Waals surface area contributed by atoms with E-state index in [1.807, 2.05) is 0 Å². The van der Waals surface area contributed by atoms with Gasteiger partial charge < -0.3 is 24.6 Å². The molecule has 0 saturated carbocycles. The molecular weight excluding hydrogens is 453 g/mol. The van der Waals surface area contributed by atoms with Crippen molar-refractivity contribution in [2.24, 2.45) is 5.92 Å². The SMILES string of the molecule is COC1c2c(F)cc(C(O)C3CCOCC3)cc2C(=O)N1C(CC(=O)O)c1ccc(Cl)cc1. The molecule has 3 atom stereocenters. The van der Waals surface area contributed by atoms with Crippen LogP contribution in [0.2, 0.25) is 5.02 Å². The lowest BCUT2D eigenvalue weighted by atomic mass is 9.88. The van der Waals surface area contributed by atoms with E-state index >= 15 is 4.39 Å². The summed E-state index contributed by atoms with van der Waals surface area (Å²) < 4.78 is 26.1. The fourth-order valence-electron chi connectivity index (χ4n) is 4.69. The van der Waals surface area contributed by atoms with Gasteiger partial charge in [0.1, 0.15) is 5.82 Å². The van der Waals surface area contributed by atoms with Gasteiger partial charge in [-0.25, -0.2) is 4.39 Å². The summed E-state index contributed by atoms with van der Waals surface area (Å²) in [6.07, 6.45) is -1.18. The predicted molar refractivity (Wildman–Crippen MR) is 117 cm³/mol. The number of hydrogen-bond donors (Lipinski definition) is 2. The Hall–Kier alpha value is -2.52. The molecule has 2 aromatic rings. The number of ether oxygens (including phenoxy) is 2. The molecule has 4 rings (SSSR count). The van der Waals surface area contributed by atoms with Crippen molar-refractivity contribution in [3.8, 4) is 0 Å². The maximum atomic E-state index is 15.3. The highest BCUT2D eigenvalue weighted by Crippen LogP contribution is 2.44. The zero-order chi connectivity index (χ0) is 23.7. The second-order valence-electron chi connectivity index (χ2n) is 8.32. The minimum Gasteiger partial charge on any atom is -0.481 e. The number of nitrogens with zero attached hydrogens (tertiary/aromatic N) is 1. The largest absolute Gasteiger partial charge is 0.481 e. The first-order valence-corrected chi connectivity index (χ1v) is 11.1. The first kappa shape index (κ1) is 23.6. The van der Waals surface area contributed by atoms with Gasteiger partial charge in [0.25, 0.3) is 5.91 Å². The number of aliphatic carboxylic acids is 1. The van der Waals surface area contributed by atoms with Gasteiger partial charge in [-0.1, -0.05) is 23.7 Å². The standard InChI is InChI=1S/C24H25ClFNO6/c1-32-24-21-17(10-15(11-18(21)26)22(30)14-6-8-33-9-7-14)23(31)27(24)19(12-20(28)29)13-2-4-16(25)5-3-13/h2-5,10-11,14,19,22,24,30H,6-9,12H2,1H3,(H,28,29). The van der Waals surface area contributed by atoms with E-state index < -0.39 is 42.5 Å². The first-order chi connectivity index (χ1) is 15.8. The van der Waals surface area contributed by atoms with Crippen molar-refractivity contribution >= 4 is 23.5 Å². The van der Waals surface area contributed by atoms with E-state index in [9.17, 15) is 19.8 Å². The van der Waals surface area contributed by atoms with Crippen LogP contribution in [0.5, 0.6) is 0 Å². The lowest BCUT2D eigenvalue weighted by Crippen LogP contribution is -2.34. The molecule has 0 radical (unpaired) electrons. The van der Waals surface area contributed by atoms with Gasteiger partial charge in [-0.3, -0.25) is 9.59 Å². The number of aliphatic hydroxyl groups excluding tert-OH is 1. The number of methoxy groups -OCH3 is 1. The summed E-state index contributed by atoms with van der Waals surface area (Å²) in [4.78, 5) is 26.4. The Morgan fingerprint density at radius 2 is 1.91 bits per heavy atom. The Labute approximate surface area is 195 Å². The molecule has 1 saturated heterocycles. The molecule has 0 aromatic heterocycles. The van der Waals surface area contributed by atoms with Gasteiger partial charge in [0.05, 0.1) is 24.1 Å². The number of amides is 1. The number of halogens is 2. The highest BCUT2D eigenvalue weighted by Gasteiger charge is 2.44. The molecule has 9 heteroatoms. The second kappa shape index (κ2) is 9.77. The summed E-state index contributed by atoms with van der Waals surface area (Å²) in [7, 11) is 1.34. The quantitative estimate of drug-likeness (QED) is 0.618. The molecule has 2 aliphatic heterocycles. The fourth-order valence-corrected chi connectivity index (χ4v) is 4.82. The van der Waals surface area contributed by atoms with Crippen LogP contribution in [0.15, 0.2) is 36.4 Å². The fraction of sp³-hybridized carbons (Fsp3) is 0.417. The van der Waals surface area contributed by atoms with Crippen LogP contribution in [-0.2, 0) is 14.3 Å². The van der Waals surface area contributed by atoms with Gasteiger partial charge in [0, 0.05) is 30.9 Å². The highest BCUT2D eigenvalue weighted by atomic mass is 35.5. The van der Waals surface area contributed by atoms with E-state index in [0.29, 0.717) is 42.2 Å². The molecular formula is C24H25ClFNO6. The average molecular weight is 478 g/mol. The van der Waals surface area contributed by atoms with Gasteiger partial charge >= 0.3 is 5.97 Å². The third kappa shape index (κ3) is 4.61. The number of carboxylic acids is 1. The molecule has 2 heterocycles. The topological polar surface area (TPSA) is 96.3 Å². The Morgan fingerprint density at radius 3 is 2.52 bits per heavy atom. The van der Waals surface area contributed by atoms with Crippen molar-refractivity contribution in [2.75, 3.05) is 20.3 Å². The van der Waals surface area contributed by atoms with Crippen LogP contribution in [-0.4, -0.2) is 47.3 Å². The van der Waals surface area contributed by atoms with E-state index in [2.05, 4.69) is 0 Å². The minimum atomic E-state index is -1.12. The van der Waals surface area contributed by atoms with Crippen molar-refractivity contribution in [3.63, 3.8) is 0 Å². The summed E-state index contributed by atoms with van der Waals surface area (Å²) in [6, 6.07) is 8.29. The summed E-state index contributed by atoms with van der Waals surface area (Å²) in [6.45, 7) is 1.04. The van der Waals surface area contributed by atoms with E-state index in [1.54, 1.807) is 24.3 Å². The third-order valence-corrected chi connectivity index (χ3v) is 6.60. The maximum absolute atomic E-state index is 15.3. The van der Waals surface area contributed by atoms with Crippen LogP contribution >= 0.6 is 11.6 Å². The smallest absolute Gasteiger partial charge is 0.305 e. The van der Waals surface area contributed by atoms with E-state index in [-0.39, 0.29) is 17.0 Å². The number of carboxylic acid groups (broad SMARTS) is 1. The van der Waals surface area contributed by atoms with E-state index in [4.69, 9.17) is 21.1 Å². The number of aliphatic hydroxyl groups is 1. The summed E-state index contributed by atoms with van der Waals surface area (Å²) in [5.41, 5.74) is 0.944. The minimum absolute atomic E-state index is 0.0368. The van der Waals surface area contributed by atoms with Crippen molar-refractivity contribution in [1.29, 1.82) is 0 Å². The van der Waals surface area contributed by atoms with Crippen LogP contribution in [0.4, 0.5) is 4.39 Å². The van der Waals surface area contributed by atoms with Crippen molar-refractivity contribution in [3.05, 3.63) is 69.5 Å². The number of rotatable bonds is 7. The van der Waals surface area contributed by atoms with E-state index in [1.165, 1.54) is 24.1 Å². The Bertz CT molecular complexity index is 1040. The number of carbonyl (C=O) groups is 2. The van der Waals surface area contributed by atoms with Gasteiger partial charge in [-0.05, 0) is 54.2 Å². The molecule has 7 nitrogen and oxygen atoms in total. The first-order valence-electron chi connectivity index (χ1n) is 10.7. The molecule has 0 aliphatic carbocycles. The van der Waals surface area contributed by atoms with Gasteiger partial charge in [-0.2, -0.15) is 0 Å². The molecule has 1 amide bonds. The summed E-state index contributed by atoms with van der Waals surface area (Å²) in [5, 5.41) is 20.8. The zero-order valence-corrected chi connectivity index (χ0v) is 18.8.